The number of aromatic nitrogens is 2. The van der Waals surface area contributed by atoms with Crippen molar-refractivity contribution in [2.45, 2.75) is 31.6 Å². The van der Waals surface area contributed by atoms with Crippen molar-refractivity contribution in [2.75, 3.05) is 0 Å². The van der Waals surface area contributed by atoms with Crippen molar-refractivity contribution in [3.05, 3.63) is 28.5 Å². The molecule has 1 aliphatic carbocycles. The lowest BCUT2D eigenvalue weighted by Gasteiger charge is -2.00. The molecule has 0 bridgehead atoms. The van der Waals surface area contributed by atoms with Crippen LogP contribution in [0.1, 0.15) is 37.4 Å². The predicted octanol–water partition coefficient (Wildman–Crippen LogP) is 3.86. The molecule has 1 aromatic carbocycles. The molecule has 0 unspecified atom stereocenters. The van der Waals surface area contributed by atoms with Gasteiger partial charge in [-0.3, -0.25) is 0 Å². The lowest BCUT2D eigenvalue weighted by Crippen LogP contribution is -1.94. The van der Waals surface area contributed by atoms with Gasteiger partial charge in [0.25, 0.3) is 5.89 Å². The lowest BCUT2D eigenvalue weighted by atomic mass is 10.1. The van der Waals surface area contributed by atoms with E-state index in [1.54, 1.807) is 12.1 Å². The van der Waals surface area contributed by atoms with E-state index in [9.17, 15) is 5.11 Å². The molecule has 1 saturated carbocycles. The second-order valence-electron chi connectivity index (χ2n) is 4.61. The van der Waals surface area contributed by atoms with Crippen molar-refractivity contribution in [1.82, 2.24) is 10.1 Å². The van der Waals surface area contributed by atoms with E-state index in [0.717, 1.165) is 24.2 Å². The van der Waals surface area contributed by atoms with Crippen LogP contribution < -0.4 is 0 Å². The first kappa shape index (κ1) is 11.7. The summed E-state index contributed by atoms with van der Waals surface area (Å²) in [6.07, 6.45) is 4.77. The number of hydrogen-bond donors (Lipinski definition) is 1. The van der Waals surface area contributed by atoms with E-state index in [1.165, 1.54) is 12.8 Å². The summed E-state index contributed by atoms with van der Waals surface area (Å²) in [5.41, 5.74) is 0.743. The van der Waals surface area contributed by atoms with E-state index in [0.29, 0.717) is 16.3 Å². The number of nitrogens with zero attached hydrogens (tertiary/aromatic N) is 2. The molecule has 0 aliphatic heterocycles. The molecule has 1 fully saturated rings. The Morgan fingerprint density at radius 2 is 2.06 bits per heavy atom. The topological polar surface area (TPSA) is 59.2 Å². The molecule has 1 aromatic heterocycles. The quantitative estimate of drug-likeness (QED) is 0.915. The minimum Gasteiger partial charge on any atom is -0.507 e. The molecule has 94 valence electrons. The highest BCUT2D eigenvalue weighted by Crippen LogP contribution is 2.34. The van der Waals surface area contributed by atoms with Crippen LogP contribution in [0.5, 0.6) is 5.75 Å². The second-order valence-corrected chi connectivity index (χ2v) is 5.46. The normalized spacial score (nSPS) is 16.3. The van der Waals surface area contributed by atoms with Gasteiger partial charge in [0.1, 0.15) is 5.75 Å². The van der Waals surface area contributed by atoms with Crippen molar-refractivity contribution in [1.29, 1.82) is 0 Å². The Kier molecular flexibility index (Phi) is 3.07. The van der Waals surface area contributed by atoms with E-state index in [1.807, 2.05) is 6.07 Å². The molecule has 0 saturated heterocycles. The average Bonchev–Trinajstić information content (AvgIpc) is 3.01. The SMILES string of the molecule is Oc1cc(-c2nc(C3CCCC3)no2)ccc1Br. The van der Waals surface area contributed by atoms with Gasteiger partial charge < -0.3 is 9.63 Å². The van der Waals surface area contributed by atoms with Gasteiger partial charge in [0.05, 0.1) is 4.47 Å². The molecule has 0 spiro atoms. The Balaban J connectivity index is 1.89. The smallest absolute Gasteiger partial charge is 0.258 e. The molecule has 3 rings (SSSR count). The fourth-order valence-electron chi connectivity index (χ4n) is 2.35. The summed E-state index contributed by atoms with van der Waals surface area (Å²) in [5.74, 6) is 1.88. The largest absolute Gasteiger partial charge is 0.507 e. The van der Waals surface area contributed by atoms with E-state index in [-0.39, 0.29) is 5.75 Å². The minimum absolute atomic E-state index is 0.174. The minimum atomic E-state index is 0.174. The van der Waals surface area contributed by atoms with Crippen LogP contribution in [0.2, 0.25) is 0 Å². The zero-order valence-electron chi connectivity index (χ0n) is 9.77. The van der Waals surface area contributed by atoms with Crippen molar-refractivity contribution >= 4 is 15.9 Å². The van der Waals surface area contributed by atoms with Crippen molar-refractivity contribution < 1.29 is 9.63 Å². The number of halogens is 1. The third-order valence-corrected chi connectivity index (χ3v) is 4.03. The molecule has 1 aliphatic rings. The van der Waals surface area contributed by atoms with Crippen LogP contribution in [-0.2, 0) is 0 Å². The maximum atomic E-state index is 9.64. The lowest BCUT2D eigenvalue weighted by molar-refractivity contribution is 0.415. The van der Waals surface area contributed by atoms with Crippen molar-refractivity contribution in [3.63, 3.8) is 0 Å². The Hall–Kier alpha value is -1.36. The summed E-state index contributed by atoms with van der Waals surface area (Å²) >= 11 is 3.24. The number of phenols is 1. The molecule has 0 radical (unpaired) electrons. The van der Waals surface area contributed by atoms with Crippen LogP contribution in [0.15, 0.2) is 27.2 Å². The molecular weight excluding hydrogens is 296 g/mol. The van der Waals surface area contributed by atoms with E-state index >= 15 is 0 Å². The summed E-state index contributed by atoms with van der Waals surface area (Å²) in [6, 6.07) is 5.23. The highest BCUT2D eigenvalue weighted by atomic mass is 79.9. The third-order valence-electron chi connectivity index (χ3n) is 3.36. The molecule has 1 heterocycles. The summed E-state index contributed by atoms with van der Waals surface area (Å²) < 4.78 is 5.92. The summed E-state index contributed by atoms with van der Waals surface area (Å²) in [7, 11) is 0. The number of aromatic hydroxyl groups is 1. The van der Waals surface area contributed by atoms with Crippen LogP contribution in [0.25, 0.3) is 11.5 Å². The van der Waals surface area contributed by atoms with Crippen LogP contribution >= 0.6 is 15.9 Å². The zero-order chi connectivity index (χ0) is 12.5. The highest BCUT2D eigenvalue weighted by molar-refractivity contribution is 9.10. The predicted molar refractivity (Wildman–Crippen MR) is 70.3 cm³/mol. The molecule has 2 aromatic rings. The molecule has 1 N–H and O–H groups in total. The van der Waals surface area contributed by atoms with Gasteiger partial charge in [0, 0.05) is 11.5 Å². The first-order valence-corrected chi connectivity index (χ1v) is 6.86. The van der Waals surface area contributed by atoms with Gasteiger partial charge in [-0.1, -0.05) is 18.0 Å². The number of phenolic OH excluding ortho intramolecular Hbond substituents is 1. The number of benzene rings is 1. The van der Waals surface area contributed by atoms with Crippen molar-refractivity contribution in [3.8, 4) is 17.2 Å². The molecule has 0 amide bonds. The molecule has 5 heteroatoms. The molecular formula is C13H13BrN2O2. The maximum Gasteiger partial charge on any atom is 0.258 e. The molecule has 18 heavy (non-hydrogen) atoms. The van der Waals surface area contributed by atoms with Gasteiger partial charge in [-0.25, -0.2) is 0 Å². The van der Waals surface area contributed by atoms with Gasteiger partial charge in [-0.2, -0.15) is 4.98 Å². The van der Waals surface area contributed by atoms with Gasteiger partial charge >= 0.3 is 0 Å². The van der Waals surface area contributed by atoms with E-state index in [4.69, 9.17) is 4.52 Å². The Labute approximate surface area is 113 Å². The van der Waals surface area contributed by atoms with Gasteiger partial charge in [-0.05, 0) is 47.0 Å². The van der Waals surface area contributed by atoms with Gasteiger partial charge in [0.15, 0.2) is 5.82 Å². The summed E-state index contributed by atoms with van der Waals surface area (Å²) in [5, 5.41) is 13.7. The summed E-state index contributed by atoms with van der Waals surface area (Å²) in [4.78, 5) is 4.43. The van der Waals surface area contributed by atoms with Gasteiger partial charge in [0.2, 0.25) is 0 Å². The van der Waals surface area contributed by atoms with Crippen LogP contribution in [0.4, 0.5) is 0 Å². The first-order valence-electron chi connectivity index (χ1n) is 6.06. The monoisotopic (exact) mass is 308 g/mol. The zero-order valence-corrected chi connectivity index (χ0v) is 11.4. The fraction of sp³-hybridized carbons (Fsp3) is 0.385. The Morgan fingerprint density at radius 3 is 2.78 bits per heavy atom. The number of hydrogen-bond acceptors (Lipinski definition) is 4. The second kappa shape index (κ2) is 4.72. The Bertz CT molecular complexity index is 562. The third kappa shape index (κ3) is 2.14. The summed E-state index contributed by atoms with van der Waals surface area (Å²) in [6.45, 7) is 0. The number of rotatable bonds is 2. The Morgan fingerprint density at radius 1 is 1.28 bits per heavy atom. The highest BCUT2D eigenvalue weighted by Gasteiger charge is 2.22. The standard InChI is InChI=1S/C13H13BrN2O2/c14-10-6-5-9(7-11(10)17)13-15-12(16-18-13)8-3-1-2-4-8/h5-8,17H,1-4H2. The van der Waals surface area contributed by atoms with Crippen LogP contribution in [0, 0.1) is 0 Å². The van der Waals surface area contributed by atoms with E-state index in [2.05, 4.69) is 26.1 Å². The van der Waals surface area contributed by atoms with Gasteiger partial charge in [-0.15, -0.1) is 0 Å². The molecule has 0 atom stereocenters. The van der Waals surface area contributed by atoms with Crippen LogP contribution in [-0.4, -0.2) is 15.2 Å². The first-order chi connectivity index (χ1) is 8.74. The fourth-order valence-corrected chi connectivity index (χ4v) is 2.59. The van der Waals surface area contributed by atoms with Crippen molar-refractivity contribution in [2.24, 2.45) is 0 Å². The molecule has 4 nitrogen and oxygen atoms in total. The average molecular weight is 309 g/mol. The maximum absolute atomic E-state index is 9.64. The van der Waals surface area contributed by atoms with Crippen LogP contribution in [0.3, 0.4) is 0 Å². The van der Waals surface area contributed by atoms with E-state index < -0.39 is 0 Å².